The van der Waals surface area contributed by atoms with Crippen molar-refractivity contribution in [1.29, 1.82) is 0 Å². The zero-order chi connectivity index (χ0) is 12.6. The minimum Gasteiger partial charge on any atom is -0.497 e. The first kappa shape index (κ1) is 12.8. The van der Waals surface area contributed by atoms with Gasteiger partial charge in [-0.3, -0.25) is 0 Å². The Bertz CT molecular complexity index is 492. The van der Waals surface area contributed by atoms with Gasteiger partial charge >= 0.3 is 16.4 Å². The van der Waals surface area contributed by atoms with Crippen LogP contribution in [-0.2, 0) is 16.4 Å². The van der Waals surface area contributed by atoms with Gasteiger partial charge in [-0.2, -0.15) is 21.6 Å². The van der Waals surface area contributed by atoms with Crippen LogP contribution >= 0.6 is 0 Å². The lowest BCUT2D eigenvalue weighted by molar-refractivity contribution is -0.137. The Kier molecular flexibility index (Phi) is 3.13. The lowest BCUT2D eigenvalue weighted by atomic mass is 10.2. The minimum absolute atomic E-state index is 0.206. The summed E-state index contributed by atoms with van der Waals surface area (Å²) in [7, 11) is -4.15. The third-order valence-corrected chi connectivity index (χ3v) is 2.52. The largest absolute Gasteiger partial charge is 0.497 e. The fraction of sp³-hybridized carbons (Fsp3) is 0.250. The molecule has 0 radical (unpaired) electrons. The Labute approximate surface area is 88.9 Å². The molecule has 0 atom stereocenters. The number of alkyl halides is 3. The summed E-state index contributed by atoms with van der Waals surface area (Å²) in [5.74, 6) is -0.383. The summed E-state index contributed by atoms with van der Waals surface area (Å²) in [6.07, 6.45) is -4.77. The van der Waals surface area contributed by atoms with Gasteiger partial charge in [0.05, 0.1) is 12.7 Å². The number of methoxy groups -OCH3 is 1. The van der Waals surface area contributed by atoms with E-state index in [9.17, 15) is 25.5 Å². The molecule has 0 saturated carbocycles. The van der Waals surface area contributed by atoms with Crippen LogP contribution in [0.25, 0.3) is 0 Å². The van der Waals surface area contributed by atoms with Gasteiger partial charge < -0.3 is 4.74 Å². The molecule has 1 aromatic rings. The lowest BCUT2D eigenvalue weighted by Gasteiger charge is -2.09. The van der Waals surface area contributed by atoms with E-state index in [4.69, 9.17) is 0 Å². The molecule has 0 saturated heterocycles. The van der Waals surface area contributed by atoms with E-state index in [0.717, 1.165) is 7.11 Å². The number of benzene rings is 1. The van der Waals surface area contributed by atoms with Gasteiger partial charge in [0.1, 0.15) is 10.6 Å². The first-order chi connectivity index (χ1) is 7.14. The molecular weight excluding hydrogens is 252 g/mol. The van der Waals surface area contributed by atoms with Crippen LogP contribution in [0.3, 0.4) is 0 Å². The molecule has 0 bridgehead atoms. The van der Waals surface area contributed by atoms with E-state index in [1.165, 1.54) is 0 Å². The first-order valence-corrected chi connectivity index (χ1v) is 5.24. The molecule has 0 N–H and O–H groups in total. The van der Waals surface area contributed by atoms with Crippen molar-refractivity contribution in [1.82, 2.24) is 0 Å². The van der Waals surface area contributed by atoms with Crippen LogP contribution in [0.4, 0.5) is 17.1 Å². The summed E-state index contributed by atoms with van der Waals surface area (Å²) in [4.78, 5) is -1.08. The van der Waals surface area contributed by atoms with Crippen molar-refractivity contribution in [3.8, 4) is 5.75 Å². The molecule has 0 unspecified atom stereocenters. The normalized spacial score (nSPS) is 12.6. The van der Waals surface area contributed by atoms with Crippen LogP contribution in [0.1, 0.15) is 5.56 Å². The van der Waals surface area contributed by atoms with Crippen LogP contribution in [0, 0.1) is 0 Å². The molecule has 90 valence electrons. The van der Waals surface area contributed by atoms with E-state index in [2.05, 4.69) is 4.74 Å². The summed E-state index contributed by atoms with van der Waals surface area (Å²) in [6, 6.07) is 1.46. The zero-order valence-electron chi connectivity index (χ0n) is 7.88. The van der Waals surface area contributed by atoms with Gasteiger partial charge in [-0.15, -0.1) is 3.89 Å². The standard InChI is InChI=1S/C8H6F4O3S/c1-15-6-2-5(8(9,10)11)3-7(4-6)16(12,13)14/h2-4H,1H3. The Morgan fingerprint density at radius 1 is 1.19 bits per heavy atom. The molecule has 1 rings (SSSR count). The van der Waals surface area contributed by atoms with Gasteiger partial charge in [-0.05, 0) is 12.1 Å². The van der Waals surface area contributed by atoms with Crippen LogP contribution < -0.4 is 4.74 Å². The van der Waals surface area contributed by atoms with Gasteiger partial charge in [0.15, 0.2) is 0 Å². The minimum atomic E-state index is -5.20. The van der Waals surface area contributed by atoms with Crippen LogP contribution in [0.5, 0.6) is 5.75 Å². The summed E-state index contributed by atoms with van der Waals surface area (Å²) >= 11 is 0. The highest BCUT2D eigenvalue weighted by Gasteiger charge is 2.32. The van der Waals surface area contributed by atoms with Gasteiger partial charge in [-0.25, -0.2) is 0 Å². The summed E-state index contributed by atoms with van der Waals surface area (Å²) < 4.78 is 74.9. The SMILES string of the molecule is COc1cc(C(F)(F)F)cc(S(=O)(=O)F)c1. The molecule has 0 spiro atoms. The molecule has 0 aliphatic carbocycles. The van der Waals surface area contributed by atoms with Crippen molar-refractivity contribution in [3.05, 3.63) is 23.8 Å². The summed E-state index contributed by atoms with van der Waals surface area (Å²) in [6.45, 7) is 0. The molecule has 16 heavy (non-hydrogen) atoms. The number of hydrogen-bond donors (Lipinski definition) is 0. The molecule has 0 aliphatic rings. The van der Waals surface area contributed by atoms with E-state index in [1.54, 1.807) is 0 Å². The molecule has 0 heterocycles. The third kappa shape index (κ3) is 2.84. The van der Waals surface area contributed by atoms with Crippen molar-refractivity contribution in [3.63, 3.8) is 0 Å². The average Bonchev–Trinajstić information content (AvgIpc) is 2.14. The molecule has 0 amide bonds. The van der Waals surface area contributed by atoms with Crippen molar-refractivity contribution in [2.75, 3.05) is 7.11 Å². The molecule has 0 aromatic heterocycles. The molecule has 0 aliphatic heterocycles. The zero-order valence-corrected chi connectivity index (χ0v) is 8.69. The molecule has 1 aromatic carbocycles. The number of ether oxygens (including phenoxy) is 1. The topological polar surface area (TPSA) is 43.4 Å². The Morgan fingerprint density at radius 3 is 2.12 bits per heavy atom. The highest BCUT2D eigenvalue weighted by Crippen LogP contribution is 2.34. The van der Waals surface area contributed by atoms with Crippen molar-refractivity contribution in [2.45, 2.75) is 11.1 Å². The molecule has 8 heteroatoms. The van der Waals surface area contributed by atoms with Crippen molar-refractivity contribution in [2.24, 2.45) is 0 Å². The highest BCUT2D eigenvalue weighted by atomic mass is 32.3. The maximum atomic E-state index is 12.6. The van der Waals surface area contributed by atoms with Gasteiger partial charge in [0, 0.05) is 6.07 Å². The monoisotopic (exact) mass is 258 g/mol. The Hall–Kier alpha value is -1.31. The third-order valence-electron chi connectivity index (χ3n) is 1.72. The van der Waals surface area contributed by atoms with Crippen molar-refractivity contribution >= 4 is 10.2 Å². The van der Waals surface area contributed by atoms with Crippen LogP contribution in [-0.4, -0.2) is 15.5 Å². The highest BCUT2D eigenvalue weighted by molar-refractivity contribution is 7.86. The van der Waals surface area contributed by atoms with E-state index in [-0.39, 0.29) is 11.8 Å². The second kappa shape index (κ2) is 3.93. The predicted octanol–water partition coefficient (Wildman–Crippen LogP) is 2.37. The number of hydrogen-bond acceptors (Lipinski definition) is 3. The second-order valence-corrected chi connectivity index (χ2v) is 4.18. The molecule has 3 nitrogen and oxygen atoms in total. The van der Waals surface area contributed by atoms with Gasteiger partial charge in [0.2, 0.25) is 0 Å². The Morgan fingerprint density at radius 2 is 1.75 bits per heavy atom. The van der Waals surface area contributed by atoms with E-state index >= 15 is 0 Å². The number of halogens is 4. The van der Waals surface area contributed by atoms with Gasteiger partial charge in [0.25, 0.3) is 0 Å². The summed E-state index contributed by atoms with van der Waals surface area (Å²) in [5, 5.41) is 0. The van der Waals surface area contributed by atoms with Crippen molar-refractivity contribution < 1.29 is 30.2 Å². The maximum absolute atomic E-state index is 12.6. The second-order valence-electron chi connectivity index (χ2n) is 2.83. The van der Waals surface area contributed by atoms with E-state index in [1.807, 2.05) is 0 Å². The number of rotatable bonds is 2. The predicted molar refractivity (Wildman–Crippen MR) is 46.3 cm³/mol. The average molecular weight is 258 g/mol. The fourth-order valence-electron chi connectivity index (χ4n) is 0.994. The van der Waals surface area contributed by atoms with E-state index < -0.39 is 26.9 Å². The fourth-order valence-corrected chi connectivity index (χ4v) is 1.52. The van der Waals surface area contributed by atoms with E-state index in [0.29, 0.717) is 12.1 Å². The Balaban J connectivity index is 3.45. The summed E-state index contributed by atoms with van der Waals surface area (Å²) in [5.41, 5.74) is -1.29. The van der Waals surface area contributed by atoms with Gasteiger partial charge in [-0.1, -0.05) is 0 Å². The molecule has 0 fully saturated rings. The maximum Gasteiger partial charge on any atom is 0.416 e. The quantitative estimate of drug-likeness (QED) is 0.604. The smallest absolute Gasteiger partial charge is 0.416 e. The first-order valence-electron chi connectivity index (χ1n) is 3.85. The van der Waals surface area contributed by atoms with Crippen LogP contribution in [0.15, 0.2) is 23.1 Å². The lowest BCUT2D eigenvalue weighted by Crippen LogP contribution is -2.07. The molecular formula is C8H6F4O3S. The van der Waals surface area contributed by atoms with Crippen LogP contribution in [0.2, 0.25) is 0 Å².